The number of aromatic hydroxyl groups is 1. The number of para-hydroxylation sites is 2. The molecule has 1 aromatic heterocycles. The fourth-order valence-electron chi connectivity index (χ4n) is 3.31. The van der Waals surface area contributed by atoms with Gasteiger partial charge in [-0.15, -0.1) is 0 Å². The van der Waals surface area contributed by atoms with Crippen LogP contribution in [-0.4, -0.2) is 30.9 Å². The summed E-state index contributed by atoms with van der Waals surface area (Å²) in [7, 11) is 2.69. The standard InChI is InChI=1S/C24H26N4O4S/c1-5-16-11-9-10-15(2)20(16)26-18(29)14-33-21(25-17-12-7-6-8-13-17)19-22(30)27(3)24(32)28(4)23(19)31/h6-13,30H,5,14H2,1-4H3,(H,26,29). The van der Waals surface area contributed by atoms with Gasteiger partial charge in [0.05, 0.1) is 11.4 Å². The highest BCUT2D eigenvalue weighted by molar-refractivity contribution is 8.15. The maximum absolute atomic E-state index is 12.9. The summed E-state index contributed by atoms with van der Waals surface area (Å²) in [6.45, 7) is 3.94. The van der Waals surface area contributed by atoms with Crippen molar-refractivity contribution in [2.24, 2.45) is 19.1 Å². The Morgan fingerprint density at radius 1 is 1.06 bits per heavy atom. The lowest BCUT2D eigenvalue weighted by molar-refractivity contribution is -0.113. The third kappa shape index (κ3) is 5.25. The number of hydrogen-bond acceptors (Lipinski definition) is 6. The Kier molecular flexibility index (Phi) is 7.55. The molecule has 8 nitrogen and oxygen atoms in total. The van der Waals surface area contributed by atoms with E-state index in [1.54, 1.807) is 24.3 Å². The molecule has 1 heterocycles. The first-order valence-corrected chi connectivity index (χ1v) is 11.4. The van der Waals surface area contributed by atoms with Crippen molar-refractivity contribution in [2.45, 2.75) is 20.3 Å². The molecule has 0 aliphatic heterocycles. The molecule has 0 spiro atoms. The number of amides is 1. The highest BCUT2D eigenvalue weighted by atomic mass is 32.2. The molecule has 0 atom stereocenters. The summed E-state index contributed by atoms with van der Waals surface area (Å²) in [5.41, 5.74) is 1.81. The van der Waals surface area contributed by atoms with E-state index in [0.29, 0.717) is 5.69 Å². The molecule has 2 N–H and O–H groups in total. The second-order valence-electron chi connectivity index (χ2n) is 7.46. The lowest BCUT2D eigenvalue weighted by Gasteiger charge is -2.14. The van der Waals surface area contributed by atoms with Crippen molar-refractivity contribution in [1.82, 2.24) is 9.13 Å². The predicted octanol–water partition coefficient (Wildman–Crippen LogP) is 3.11. The molecule has 3 aromatic rings. The SMILES string of the molecule is CCc1cccc(C)c1NC(=O)CSC(=Nc1ccccc1)c1c(O)n(C)c(=O)n(C)c1=O. The fraction of sp³-hybridized carbons (Fsp3) is 0.250. The van der Waals surface area contributed by atoms with E-state index >= 15 is 0 Å². The average Bonchev–Trinajstić information content (AvgIpc) is 2.81. The number of aliphatic imine (C=N–C) groups is 1. The second kappa shape index (κ2) is 10.4. The van der Waals surface area contributed by atoms with Gasteiger partial charge in [0, 0.05) is 19.8 Å². The van der Waals surface area contributed by atoms with Gasteiger partial charge in [-0.05, 0) is 36.6 Å². The first-order chi connectivity index (χ1) is 15.7. The smallest absolute Gasteiger partial charge is 0.333 e. The van der Waals surface area contributed by atoms with Crippen LogP contribution < -0.4 is 16.6 Å². The minimum Gasteiger partial charge on any atom is -0.494 e. The third-order valence-electron chi connectivity index (χ3n) is 5.18. The maximum atomic E-state index is 12.9. The zero-order valence-electron chi connectivity index (χ0n) is 19.0. The Morgan fingerprint density at radius 2 is 1.76 bits per heavy atom. The van der Waals surface area contributed by atoms with Crippen LogP contribution in [0.25, 0.3) is 0 Å². The molecule has 0 aliphatic carbocycles. The van der Waals surface area contributed by atoms with Gasteiger partial charge in [0.25, 0.3) is 5.56 Å². The third-order valence-corrected chi connectivity index (χ3v) is 6.15. The van der Waals surface area contributed by atoms with Gasteiger partial charge >= 0.3 is 5.69 Å². The highest BCUT2D eigenvalue weighted by Gasteiger charge is 2.22. The lowest BCUT2D eigenvalue weighted by atomic mass is 10.1. The second-order valence-corrected chi connectivity index (χ2v) is 8.42. The fourth-order valence-corrected chi connectivity index (χ4v) is 4.15. The number of thioether (sulfide) groups is 1. The number of aryl methyl sites for hydroxylation is 2. The van der Waals surface area contributed by atoms with Gasteiger partial charge in [0.1, 0.15) is 10.6 Å². The molecule has 0 radical (unpaired) electrons. The molecule has 0 bridgehead atoms. The summed E-state index contributed by atoms with van der Waals surface area (Å²) < 4.78 is 1.87. The molecule has 33 heavy (non-hydrogen) atoms. The average molecular weight is 467 g/mol. The van der Waals surface area contributed by atoms with Gasteiger partial charge in [-0.25, -0.2) is 9.79 Å². The summed E-state index contributed by atoms with van der Waals surface area (Å²) in [6, 6.07) is 14.7. The Labute approximate surface area is 195 Å². The van der Waals surface area contributed by atoms with E-state index in [9.17, 15) is 19.5 Å². The van der Waals surface area contributed by atoms with Crippen molar-refractivity contribution >= 4 is 34.1 Å². The minimum absolute atomic E-state index is 0.0470. The molecular formula is C24H26N4O4S. The highest BCUT2D eigenvalue weighted by Crippen LogP contribution is 2.24. The van der Waals surface area contributed by atoms with E-state index in [-0.39, 0.29) is 22.3 Å². The van der Waals surface area contributed by atoms with Crippen LogP contribution in [0.3, 0.4) is 0 Å². The number of hydrogen-bond donors (Lipinski definition) is 2. The molecule has 0 saturated carbocycles. The number of carbonyl (C=O) groups is 1. The van der Waals surface area contributed by atoms with Gasteiger partial charge < -0.3 is 10.4 Å². The molecule has 3 rings (SSSR count). The Hall–Kier alpha value is -3.59. The Bertz CT molecular complexity index is 1330. The van der Waals surface area contributed by atoms with Gasteiger partial charge in [0.15, 0.2) is 0 Å². The minimum atomic E-state index is -0.689. The molecular weight excluding hydrogens is 440 g/mol. The monoisotopic (exact) mass is 466 g/mol. The quantitative estimate of drug-likeness (QED) is 0.429. The lowest BCUT2D eigenvalue weighted by Crippen LogP contribution is -2.39. The first-order valence-electron chi connectivity index (χ1n) is 10.4. The number of benzene rings is 2. The Balaban J connectivity index is 1.97. The zero-order chi connectivity index (χ0) is 24.1. The van der Waals surface area contributed by atoms with Crippen molar-refractivity contribution in [3.63, 3.8) is 0 Å². The summed E-state index contributed by atoms with van der Waals surface area (Å²) in [5, 5.41) is 13.7. The van der Waals surface area contributed by atoms with Gasteiger partial charge in [0.2, 0.25) is 11.8 Å². The predicted molar refractivity (Wildman–Crippen MR) is 133 cm³/mol. The van der Waals surface area contributed by atoms with Gasteiger partial charge in [-0.3, -0.25) is 18.7 Å². The number of rotatable bonds is 6. The molecule has 2 aromatic carbocycles. The number of nitrogens with one attached hydrogen (secondary N) is 1. The van der Waals surface area contributed by atoms with Crippen LogP contribution in [-0.2, 0) is 25.3 Å². The molecule has 0 saturated heterocycles. The summed E-state index contributed by atoms with van der Waals surface area (Å²) in [4.78, 5) is 42.3. The van der Waals surface area contributed by atoms with Crippen LogP contribution in [0.2, 0.25) is 0 Å². The van der Waals surface area contributed by atoms with Crippen molar-refractivity contribution in [3.8, 4) is 5.88 Å². The number of carbonyl (C=O) groups excluding carboxylic acids is 1. The molecule has 9 heteroatoms. The zero-order valence-corrected chi connectivity index (χ0v) is 19.8. The van der Waals surface area contributed by atoms with Crippen molar-refractivity contribution in [3.05, 3.63) is 86.1 Å². The number of aromatic nitrogens is 2. The van der Waals surface area contributed by atoms with Gasteiger partial charge in [-0.1, -0.05) is 55.1 Å². The van der Waals surface area contributed by atoms with Crippen molar-refractivity contribution < 1.29 is 9.90 Å². The Morgan fingerprint density at radius 3 is 2.42 bits per heavy atom. The van der Waals surface area contributed by atoms with E-state index in [1.807, 2.05) is 38.1 Å². The molecule has 172 valence electrons. The van der Waals surface area contributed by atoms with E-state index in [4.69, 9.17) is 0 Å². The number of anilines is 1. The topological polar surface area (TPSA) is 106 Å². The molecule has 1 amide bonds. The van der Waals surface area contributed by atoms with E-state index < -0.39 is 17.1 Å². The van der Waals surface area contributed by atoms with Crippen molar-refractivity contribution in [1.29, 1.82) is 0 Å². The first kappa shape index (κ1) is 24.1. The van der Waals surface area contributed by atoms with Crippen LogP contribution in [0, 0.1) is 6.92 Å². The number of nitrogens with zero attached hydrogens (tertiary/aromatic N) is 3. The van der Waals surface area contributed by atoms with Crippen LogP contribution >= 0.6 is 11.8 Å². The van der Waals surface area contributed by atoms with Crippen LogP contribution in [0.1, 0.15) is 23.6 Å². The summed E-state index contributed by atoms with van der Waals surface area (Å²) >= 11 is 1.02. The van der Waals surface area contributed by atoms with E-state index in [2.05, 4.69) is 10.3 Å². The summed E-state index contributed by atoms with van der Waals surface area (Å²) in [5.74, 6) is -0.821. The van der Waals surface area contributed by atoms with E-state index in [0.717, 1.165) is 44.1 Å². The maximum Gasteiger partial charge on any atom is 0.333 e. The molecule has 0 unspecified atom stereocenters. The molecule has 0 fully saturated rings. The van der Waals surface area contributed by atoms with Crippen LogP contribution in [0.15, 0.2) is 63.1 Å². The molecule has 0 aliphatic rings. The van der Waals surface area contributed by atoms with Gasteiger partial charge in [-0.2, -0.15) is 0 Å². The van der Waals surface area contributed by atoms with E-state index in [1.165, 1.54) is 14.1 Å². The largest absolute Gasteiger partial charge is 0.494 e. The normalized spacial score (nSPS) is 11.5. The van der Waals surface area contributed by atoms with Crippen LogP contribution in [0.4, 0.5) is 11.4 Å². The van der Waals surface area contributed by atoms with Crippen molar-refractivity contribution in [2.75, 3.05) is 11.1 Å². The van der Waals surface area contributed by atoms with Crippen LogP contribution in [0.5, 0.6) is 5.88 Å². The summed E-state index contributed by atoms with van der Waals surface area (Å²) in [6.07, 6.45) is 0.771.